The lowest BCUT2D eigenvalue weighted by Gasteiger charge is -2.14. The van der Waals surface area contributed by atoms with Crippen molar-refractivity contribution in [3.8, 4) is 28.8 Å². The maximum Gasteiger partial charge on any atom is 0.270 e. The lowest BCUT2D eigenvalue weighted by atomic mass is 10.1. The Morgan fingerprint density at radius 1 is 1.33 bits per heavy atom. The quantitative estimate of drug-likeness (QED) is 0.622. The second-order valence-corrected chi connectivity index (χ2v) is 5.76. The zero-order valence-corrected chi connectivity index (χ0v) is 15.0. The number of hydrogen-bond acceptors (Lipinski definition) is 6. The van der Waals surface area contributed by atoms with E-state index in [1.807, 2.05) is 19.9 Å². The highest BCUT2D eigenvalue weighted by Crippen LogP contribution is 2.39. The molecule has 6 nitrogen and oxygen atoms in total. The molecule has 1 N–H and O–H groups in total. The van der Waals surface area contributed by atoms with Crippen LogP contribution in [0.5, 0.6) is 11.5 Å². The maximum atomic E-state index is 12.1. The second-order valence-electron chi connectivity index (χ2n) is 4.56. The molecule has 1 aromatic heterocycles. The number of nitriles is 1. The topological polar surface area (TPSA) is 88.0 Å². The molecule has 1 heterocycles. The monoisotopic (exact) mass is 365 g/mol. The van der Waals surface area contributed by atoms with E-state index >= 15 is 0 Å². The van der Waals surface area contributed by atoms with Crippen molar-refractivity contribution in [2.24, 2.45) is 0 Å². The fourth-order valence-corrected chi connectivity index (χ4v) is 2.76. The Kier molecular flexibility index (Phi) is 6.12. The van der Waals surface area contributed by atoms with Gasteiger partial charge in [0.15, 0.2) is 16.7 Å². The third-order valence-corrected chi connectivity index (χ3v) is 3.94. The standard InChI is InChI=1S/C16H16ClN3O3S/c1-4-22-12-7-9(6-11(17)14(12)23-5-2)13-10(8-18)15(21)20-16(19-13)24-3/h6-7H,4-5H2,1-3H3,(H,19,20,21). The van der Waals surface area contributed by atoms with E-state index in [-0.39, 0.29) is 11.3 Å². The minimum atomic E-state index is -0.491. The Balaban J connectivity index is 2.71. The van der Waals surface area contributed by atoms with Crippen molar-refractivity contribution in [3.63, 3.8) is 0 Å². The van der Waals surface area contributed by atoms with Crippen LogP contribution in [-0.4, -0.2) is 29.4 Å². The molecular weight excluding hydrogens is 350 g/mol. The van der Waals surface area contributed by atoms with Gasteiger partial charge in [-0.05, 0) is 32.2 Å². The summed E-state index contributed by atoms with van der Waals surface area (Å²) < 4.78 is 11.1. The van der Waals surface area contributed by atoms with Gasteiger partial charge in [-0.3, -0.25) is 4.79 Å². The molecule has 0 radical (unpaired) electrons. The van der Waals surface area contributed by atoms with E-state index in [4.69, 9.17) is 21.1 Å². The summed E-state index contributed by atoms with van der Waals surface area (Å²) in [5.74, 6) is 0.872. The van der Waals surface area contributed by atoms with E-state index in [9.17, 15) is 10.1 Å². The summed E-state index contributed by atoms with van der Waals surface area (Å²) in [4.78, 5) is 19.0. The van der Waals surface area contributed by atoms with Gasteiger partial charge in [0, 0.05) is 5.56 Å². The molecule has 126 valence electrons. The molecule has 2 aromatic rings. The van der Waals surface area contributed by atoms with Gasteiger partial charge in [-0.15, -0.1) is 0 Å². The van der Waals surface area contributed by atoms with Gasteiger partial charge in [0.25, 0.3) is 5.56 Å². The Morgan fingerprint density at radius 2 is 2.04 bits per heavy atom. The first-order valence-corrected chi connectivity index (χ1v) is 8.83. The number of ether oxygens (including phenoxy) is 2. The molecule has 0 spiro atoms. The van der Waals surface area contributed by atoms with E-state index in [1.165, 1.54) is 11.8 Å². The van der Waals surface area contributed by atoms with E-state index in [1.54, 1.807) is 18.4 Å². The van der Waals surface area contributed by atoms with Crippen LogP contribution in [0.4, 0.5) is 0 Å². The smallest absolute Gasteiger partial charge is 0.270 e. The minimum absolute atomic E-state index is 0.0736. The lowest BCUT2D eigenvalue weighted by Crippen LogP contribution is -2.14. The predicted molar refractivity (Wildman–Crippen MR) is 94.1 cm³/mol. The van der Waals surface area contributed by atoms with Crippen molar-refractivity contribution in [2.45, 2.75) is 19.0 Å². The number of benzene rings is 1. The van der Waals surface area contributed by atoms with E-state index < -0.39 is 5.56 Å². The molecular formula is C16H16ClN3O3S. The zero-order chi connectivity index (χ0) is 17.7. The summed E-state index contributed by atoms with van der Waals surface area (Å²) in [6, 6.07) is 5.18. The highest BCUT2D eigenvalue weighted by Gasteiger charge is 2.18. The first-order chi connectivity index (χ1) is 11.5. The predicted octanol–water partition coefficient (Wildman–Crippen LogP) is 3.48. The Hall–Kier alpha value is -2.17. The Bertz CT molecular complexity index is 846. The third kappa shape index (κ3) is 3.66. The number of H-pyrrole nitrogens is 1. The first kappa shape index (κ1) is 18.2. The zero-order valence-electron chi connectivity index (χ0n) is 13.5. The third-order valence-electron chi connectivity index (χ3n) is 3.07. The number of halogens is 1. The van der Waals surface area contributed by atoms with Crippen molar-refractivity contribution in [1.82, 2.24) is 9.97 Å². The lowest BCUT2D eigenvalue weighted by molar-refractivity contribution is 0.288. The average Bonchev–Trinajstić information content (AvgIpc) is 2.57. The largest absolute Gasteiger partial charge is 0.490 e. The molecule has 1 aromatic carbocycles. The second kappa shape index (κ2) is 8.08. The van der Waals surface area contributed by atoms with Crippen LogP contribution in [0.3, 0.4) is 0 Å². The van der Waals surface area contributed by atoms with E-state index in [0.717, 1.165) is 0 Å². The molecule has 0 amide bonds. The van der Waals surface area contributed by atoms with E-state index in [0.29, 0.717) is 40.5 Å². The van der Waals surface area contributed by atoms with Crippen LogP contribution in [0.1, 0.15) is 19.4 Å². The maximum absolute atomic E-state index is 12.1. The molecule has 0 aliphatic heterocycles. The summed E-state index contributed by atoms with van der Waals surface area (Å²) in [5.41, 5.74) is 0.214. The molecule has 0 aliphatic rings. The van der Waals surface area contributed by atoms with Gasteiger partial charge in [-0.1, -0.05) is 23.4 Å². The van der Waals surface area contributed by atoms with Crippen LogP contribution in [0, 0.1) is 11.3 Å². The number of nitrogens with one attached hydrogen (secondary N) is 1. The van der Waals surface area contributed by atoms with Crippen LogP contribution in [0.25, 0.3) is 11.3 Å². The molecule has 0 unspecified atom stereocenters. The number of thioether (sulfide) groups is 1. The number of rotatable bonds is 6. The minimum Gasteiger partial charge on any atom is -0.490 e. The van der Waals surface area contributed by atoms with Crippen LogP contribution in [0.15, 0.2) is 22.1 Å². The number of nitrogens with zero attached hydrogens (tertiary/aromatic N) is 2. The summed E-state index contributed by atoms with van der Waals surface area (Å²) in [6.07, 6.45) is 1.78. The van der Waals surface area contributed by atoms with Gasteiger partial charge in [0.1, 0.15) is 11.6 Å². The van der Waals surface area contributed by atoms with Crippen molar-refractivity contribution < 1.29 is 9.47 Å². The molecule has 0 saturated carbocycles. The number of aromatic nitrogens is 2. The van der Waals surface area contributed by atoms with Crippen LogP contribution in [0.2, 0.25) is 5.02 Å². The van der Waals surface area contributed by atoms with Crippen LogP contribution < -0.4 is 15.0 Å². The van der Waals surface area contributed by atoms with Gasteiger partial charge in [-0.2, -0.15) is 5.26 Å². The van der Waals surface area contributed by atoms with Gasteiger partial charge in [0.2, 0.25) is 0 Å². The summed E-state index contributed by atoms with van der Waals surface area (Å²) in [6.45, 7) is 4.54. The SMILES string of the molecule is CCOc1cc(-c2nc(SC)[nH]c(=O)c2C#N)cc(Cl)c1OCC. The van der Waals surface area contributed by atoms with Gasteiger partial charge in [-0.25, -0.2) is 4.98 Å². The van der Waals surface area contributed by atoms with Crippen molar-refractivity contribution in [3.05, 3.63) is 33.1 Å². The average molecular weight is 366 g/mol. The van der Waals surface area contributed by atoms with E-state index in [2.05, 4.69) is 9.97 Å². The number of aromatic amines is 1. The first-order valence-electron chi connectivity index (χ1n) is 7.23. The molecule has 24 heavy (non-hydrogen) atoms. The van der Waals surface area contributed by atoms with Gasteiger partial charge in [0.05, 0.1) is 23.9 Å². The van der Waals surface area contributed by atoms with Crippen molar-refractivity contribution in [2.75, 3.05) is 19.5 Å². The Morgan fingerprint density at radius 3 is 2.62 bits per heavy atom. The fourth-order valence-electron chi connectivity index (χ4n) is 2.11. The molecule has 0 saturated heterocycles. The summed E-state index contributed by atoms with van der Waals surface area (Å²) in [5, 5.41) is 10.0. The van der Waals surface area contributed by atoms with Crippen LogP contribution in [-0.2, 0) is 0 Å². The highest BCUT2D eigenvalue weighted by molar-refractivity contribution is 7.98. The molecule has 0 bridgehead atoms. The van der Waals surface area contributed by atoms with Crippen LogP contribution >= 0.6 is 23.4 Å². The Labute approximate surface area is 148 Å². The fraction of sp³-hybridized carbons (Fsp3) is 0.312. The summed E-state index contributed by atoms with van der Waals surface area (Å²) >= 11 is 7.58. The van der Waals surface area contributed by atoms with Gasteiger partial charge < -0.3 is 14.5 Å². The number of hydrogen-bond donors (Lipinski definition) is 1. The summed E-state index contributed by atoms with van der Waals surface area (Å²) in [7, 11) is 0. The molecule has 0 atom stereocenters. The van der Waals surface area contributed by atoms with Gasteiger partial charge >= 0.3 is 0 Å². The molecule has 8 heteroatoms. The molecule has 0 aliphatic carbocycles. The molecule has 0 fully saturated rings. The van der Waals surface area contributed by atoms with Crippen molar-refractivity contribution in [1.29, 1.82) is 5.26 Å². The highest BCUT2D eigenvalue weighted by atomic mass is 35.5. The normalized spacial score (nSPS) is 10.3. The molecule has 2 rings (SSSR count). The van der Waals surface area contributed by atoms with Crippen molar-refractivity contribution >= 4 is 23.4 Å².